The number of unbranched alkanes of at least 4 members (excludes halogenated alkanes) is 2. The number of halogens is 2. The minimum Gasteiger partial charge on any atom is -0.466 e. The van der Waals surface area contributed by atoms with Crippen LogP contribution in [0.5, 0.6) is 0 Å². The van der Waals surface area contributed by atoms with E-state index < -0.39 is 17.8 Å². The van der Waals surface area contributed by atoms with Gasteiger partial charge in [-0.25, -0.2) is 8.78 Å². The SMILES string of the molecule is C=CCCCCc1cc(F)cc(C)c1-c1cc(C)c(F)c([C@@H](N)CC(=O)OCC)c1. The first-order valence-corrected chi connectivity index (χ1v) is 10.4. The van der Waals surface area contributed by atoms with Crippen molar-refractivity contribution >= 4 is 5.97 Å². The molecule has 0 saturated heterocycles. The van der Waals surface area contributed by atoms with Gasteiger partial charge >= 0.3 is 5.97 Å². The number of aryl methyl sites for hydroxylation is 3. The van der Waals surface area contributed by atoms with Crippen LogP contribution in [0.3, 0.4) is 0 Å². The second-order valence-corrected chi connectivity index (χ2v) is 7.60. The molecule has 3 nitrogen and oxygen atoms in total. The lowest BCUT2D eigenvalue weighted by molar-refractivity contribution is -0.143. The second-order valence-electron chi connectivity index (χ2n) is 7.60. The highest BCUT2D eigenvalue weighted by Crippen LogP contribution is 2.34. The Hall–Kier alpha value is -2.53. The summed E-state index contributed by atoms with van der Waals surface area (Å²) in [7, 11) is 0. The molecule has 0 spiro atoms. The van der Waals surface area contributed by atoms with Crippen molar-refractivity contribution in [2.24, 2.45) is 5.73 Å². The molecule has 0 radical (unpaired) electrons. The van der Waals surface area contributed by atoms with E-state index in [2.05, 4.69) is 6.58 Å². The van der Waals surface area contributed by atoms with Gasteiger partial charge in [0.1, 0.15) is 11.6 Å². The molecule has 30 heavy (non-hydrogen) atoms. The summed E-state index contributed by atoms with van der Waals surface area (Å²) in [5, 5.41) is 0. The largest absolute Gasteiger partial charge is 0.466 e. The first kappa shape index (κ1) is 23.7. The van der Waals surface area contributed by atoms with Gasteiger partial charge in [-0.15, -0.1) is 6.58 Å². The number of rotatable bonds is 10. The van der Waals surface area contributed by atoms with Crippen molar-refractivity contribution in [3.63, 3.8) is 0 Å². The molecule has 0 aliphatic rings. The molecule has 0 fully saturated rings. The number of esters is 1. The van der Waals surface area contributed by atoms with Crippen LogP contribution < -0.4 is 5.73 Å². The van der Waals surface area contributed by atoms with E-state index >= 15 is 0 Å². The number of carbonyl (C=O) groups excluding carboxylic acids is 1. The van der Waals surface area contributed by atoms with Gasteiger partial charge in [0.25, 0.3) is 0 Å². The third-order valence-corrected chi connectivity index (χ3v) is 5.15. The van der Waals surface area contributed by atoms with Crippen LogP contribution in [0.4, 0.5) is 8.78 Å². The molecule has 0 aliphatic heterocycles. The Bertz CT molecular complexity index is 909. The van der Waals surface area contributed by atoms with Crippen LogP contribution in [-0.2, 0) is 16.0 Å². The maximum Gasteiger partial charge on any atom is 0.307 e. The van der Waals surface area contributed by atoms with E-state index in [9.17, 15) is 13.6 Å². The lowest BCUT2D eigenvalue weighted by Gasteiger charge is -2.19. The van der Waals surface area contributed by atoms with E-state index in [1.165, 1.54) is 6.07 Å². The number of hydrogen-bond acceptors (Lipinski definition) is 3. The average Bonchev–Trinajstić information content (AvgIpc) is 2.67. The van der Waals surface area contributed by atoms with E-state index in [0.717, 1.165) is 41.5 Å². The normalized spacial score (nSPS) is 11.9. The van der Waals surface area contributed by atoms with Gasteiger partial charge in [0.15, 0.2) is 0 Å². The Morgan fingerprint density at radius 2 is 1.90 bits per heavy atom. The van der Waals surface area contributed by atoms with Crippen molar-refractivity contribution in [1.29, 1.82) is 0 Å². The zero-order valence-corrected chi connectivity index (χ0v) is 18.1. The summed E-state index contributed by atoms with van der Waals surface area (Å²) >= 11 is 0. The molecule has 0 bridgehead atoms. The fourth-order valence-electron chi connectivity index (χ4n) is 3.75. The van der Waals surface area contributed by atoms with E-state index in [0.29, 0.717) is 12.0 Å². The van der Waals surface area contributed by atoms with Crippen LogP contribution in [0.2, 0.25) is 0 Å². The van der Waals surface area contributed by atoms with Gasteiger partial charge in [0.2, 0.25) is 0 Å². The van der Waals surface area contributed by atoms with E-state index in [1.807, 2.05) is 13.0 Å². The first-order valence-electron chi connectivity index (χ1n) is 10.4. The van der Waals surface area contributed by atoms with Crippen molar-refractivity contribution in [2.45, 2.75) is 58.9 Å². The zero-order valence-electron chi connectivity index (χ0n) is 18.1. The Labute approximate surface area is 177 Å². The minimum absolute atomic E-state index is 0.107. The number of allylic oxidation sites excluding steroid dienone is 1. The predicted molar refractivity (Wildman–Crippen MR) is 117 cm³/mol. The standard InChI is InChI=1S/C25H31F2NO2/c1-5-7-8-9-10-18-13-20(26)12-16(3)24(18)19-11-17(4)25(27)21(14-19)22(28)15-23(29)30-6-2/h5,11-14,22H,1,6-10,15,28H2,2-4H3/t22-/m0/s1. The number of ether oxygens (including phenoxy) is 1. The van der Waals surface area contributed by atoms with Crippen molar-refractivity contribution in [2.75, 3.05) is 6.61 Å². The number of nitrogens with two attached hydrogens (primary N) is 1. The maximum atomic E-state index is 14.8. The number of carbonyl (C=O) groups is 1. The summed E-state index contributed by atoms with van der Waals surface area (Å²) in [6.45, 7) is 9.21. The van der Waals surface area contributed by atoms with Gasteiger partial charge in [-0.3, -0.25) is 4.79 Å². The summed E-state index contributed by atoms with van der Waals surface area (Å²) in [5.74, 6) is -1.18. The third-order valence-electron chi connectivity index (χ3n) is 5.15. The Balaban J connectivity index is 2.47. The van der Waals surface area contributed by atoms with Crippen LogP contribution in [0.1, 0.15) is 60.9 Å². The van der Waals surface area contributed by atoms with Crippen LogP contribution >= 0.6 is 0 Å². The van der Waals surface area contributed by atoms with Crippen LogP contribution in [0.25, 0.3) is 11.1 Å². The molecule has 0 aromatic heterocycles. The molecule has 162 valence electrons. The van der Waals surface area contributed by atoms with E-state index in [4.69, 9.17) is 10.5 Å². The summed E-state index contributed by atoms with van der Waals surface area (Å²) in [6.07, 6.45) is 5.26. The Morgan fingerprint density at radius 3 is 2.57 bits per heavy atom. The molecule has 0 heterocycles. The maximum absolute atomic E-state index is 14.8. The molecular formula is C25H31F2NO2. The number of hydrogen-bond donors (Lipinski definition) is 1. The van der Waals surface area contributed by atoms with Crippen LogP contribution in [-0.4, -0.2) is 12.6 Å². The Morgan fingerprint density at radius 1 is 1.17 bits per heavy atom. The Kier molecular flexibility index (Phi) is 8.72. The molecule has 2 rings (SSSR count). The fourth-order valence-corrected chi connectivity index (χ4v) is 3.75. The van der Waals surface area contributed by atoms with Gasteiger partial charge in [-0.05, 0) is 98.5 Å². The van der Waals surface area contributed by atoms with Gasteiger partial charge in [-0.2, -0.15) is 0 Å². The molecular weight excluding hydrogens is 384 g/mol. The molecule has 2 aromatic rings. The lowest BCUT2D eigenvalue weighted by Crippen LogP contribution is -2.19. The van der Waals surface area contributed by atoms with E-state index in [-0.39, 0.29) is 24.4 Å². The first-order chi connectivity index (χ1) is 14.3. The van der Waals surface area contributed by atoms with Crippen molar-refractivity contribution in [1.82, 2.24) is 0 Å². The third kappa shape index (κ3) is 5.99. The minimum atomic E-state index is -0.820. The molecule has 2 N–H and O–H groups in total. The zero-order chi connectivity index (χ0) is 22.3. The summed E-state index contributed by atoms with van der Waals surface area (Å²) in [6, 6.07) is 5.65. The average molecular weight is 416 g/mol. The molecule has 2 aromatic carbocycles. The van der Waals surface area contributed by atoms with Gasteiger partial charge < -0.3 is 10.5 Å². The van der Waals surface area contributed by atoms with Gasteiger partial charge in [0, 0.05) is 11.6 Å². The summed E-state index contributed by atoms with van der Waals surface area (Å²) in [5.41, 5.74) is 10.2. The molecule has 0 amide bonds. The fraction of sp³-hybridized carbons (Fsp3) is 0.400. The molecule has 5 heteroatoms. The highest BCUT2D eigenvalue weighted by atomic mass is 19.1. The highest BCUT2D eigenvalue weighted by molar-refractivity contribution is 5.74. The molecule has 0 unspecified atom stereocenters. The second kappa shape index (κ2) is 11.0. The molecule has 0 aliphatic carbocycles. The summed E-state index contributed by atoms with van der Waals surface area (Å²) in [4.78, 5) is 11.8. The predicted octanol–water partition coefficient (Wildman–Crippen LogP) is 6.10. The van der Waals surface area contributed by atoms with Crippen molar-refractivity contribution in [3.05, 3.63) is 70.8 Å². The van der Waals surface area contributed by atoms with Gasteiger partial charge in [0.05, 0.1) is 13.0 Å². The number of benzene rings is 2. The molecule has 1 atom stereocenters. The monoisotopic (exact) mass is 415 g/mol. The van der Waals surface area contributed by atoms with Crippen molar-refractivity contribution < 1.29 is 18.3 Å². The van der Waals surface area contributed by atoms with Crippen LogP contribution in [0.15, 0.2) is 36.9 Å². The molecule has 0 saturated carbocycles. The van der Waals surface area contributed by atoms with E-state index in [1.54, 1.807) is 32.0 Å². The lowest BCUT2D eigenvalue weighted by atomic mass is 9.88. The quantitative estimate of drug-likeness (QED) is 0.290. The summed E-state index contributed by atoms with van der Waals surface area (Å²) < 4.78 is 33.9. The smallest absolute Gasteiger partial charge is 0.307 e. The van der Waals surface area contributed by atoms with Crippen LogP contribution in [0, 0.1) is 25.5 Å². The topological polar surface area (TPSA) is 52.3 Å². The highest BCUT2D eigenvalue weighted by Gasteiger charge is 2.20. The van der Waals surface area contributed by atoms with Crippen molar-refractivity contribution in [3.8, 4) is 11.1 Å². The van der Waals surface area contributed by atoms with Gasteiger partial charge in [-0.1, -0.05) is 6.08 Å².